The number of piperidine rings is 1. The third-order valence-electron chi connectivity index (χ3n) is 7.06. The van der Waals surface area contributed by atoms with Gasteiger partial charge in [-0.15, -0.1) is 0 Å². The van der Waals surface area contributed by atoms with Crippen molar-refractivity contribution in [2.24, 2.45) is 0 Å². The van der Waals surface area contributed by atoms with E-state index >= 15 is 0 Å². The van der Waals surface area contributed by atoms with Gasteiger partial charge in [-0.05, 0) is 54.5 Å². The van der Waals surface area contributed by atoms with Gasteiger partial charge in [-0.1, -0.05) is 66.7 Å². The Morgan fingerprint density at radius 3 is 2.17 bits per heavy atom. The fourth-order valence-electron chi connectivity index (χ4n) is 5.39. The summed E-state index contributed by atoms with van der Waals surface area (Å²) in [6, 6.07) is 28.0. The van der Waals surface area contributed by atoms with Gasteiger partial charge in [0.25, 0.3) is 0 Å². The number of benzene rings is 3. The van der Waals surface area contributed by atoms with Gasteiger partial charge in [-0.25, -0.2) is 0 Å². The van der Waals surface area contributed by atoms with E-state index in [0.717, 1.165) is 31.9 Å². The Morgan fingerprint density at radius 1 is 0.733 bits per heavy atom. The summed E-state index contributed by atoms with van der Waals surface area (Å²) in [4.78, 5) is 5.26. The average Bonchev–Trinajstić information content (AvgIpc) is 3.20. The van der Waals surface area contributed by atoms with E-state index in [1.165, 1.54) is 48.1 Å². The van der Waals surface area contributed by atoms with Crippen LogP contribution in [0.5, 0.6) is 0 Å². The maximum Gasteiger partial charge on any atom is 0.0610 e. The number of nitrogens with zero attached hydrogens (tertiary/aromatic N) is 2. The van der Waals surface area contributed by atoms with Crippen molar-refractivity contribution in [3.8, 4) is 11.1 Å². The lowest BCUT2D eigenvalue weighted by Crippen LogP contribution is -2.52. The standard InChI is InChI=1S/C27H31N3/c28-25-13-12-24(23-10-5-2-6-11-23)20-26(25)30-17-7-14-27(30)15-18-29(19-16-27)21-22-8-3-1-4-9-22/h1-6,8-13,20H,7,14-19,21,28H2. The van der Waals surface area contributed by atoms with E-state index in [4.69, 9.17) is 5.73 Å². The van der Waals surface area contributed by atoms with Crippen molar-refractivity contribution >= 4 is 11.4 Å². The largest absolute Gasteiger partial charge is 0.397 e. The summed E-state index contributed by atoms with van der Waals surface area (Å²) < 4.78 is 0. The molecule has 0 bridgehead atoms. The minimum Gasteiger partial charge on any atom is -0.397 e. The summed E-state index contributed by atoms with van der Waals surface area (Å²) >= 11 is 0. The van der Waals surface area contributed by atoms with Gasteiger partial charge >= 0.3 is 0 Å². The monoisotopic (exact) mass is 397 g/mol. The van der Waals surface area contributed by atoms with Crippen molar-refractivity contribution in [1.82, 2.24) is 4.90 Å². The molecule has 0 aromatic heterocycles. The van der Waals surface area contributed by atoms with E-state index in [9.17, 15) is 0 Å². The Morgan fingerprint density at radius 2 is 1.43 bits per heavy atom. The molecule has 0 saturated carbocycles. The van der Waals surface area contributed by atoms with Gasteiger partial charge < -0.3 is 10.6 Å². The van der Waals surface area contributed by atoms with Crippen molar-refractivity contribution in [1.29, 1.82) is 0 Å². The van der Waals surface area contributed by atoms with E-state index < -0.39 is 0 Å². The number of rotatable bonds is 4. The first-order valence-electron chi connectivity index (χ1n) is 11.2. The quantitative estimate of drug-likeness (QED) is 0.584. The number of hydrogen-bond donors (Lipinski definition) is 1. The Labute approximate surface area is 180 Å². The molecule has 30 heavy (non-hydrogen) atoms. The van der Waals surface area contributed by atoms with Gasteiger partial charge in [0.05, 0.1) is 11.4 Å². The van der Waals surface area contributed by atoms with Crippen LogP contribution >= 0.6 is 0 Å². The Kier molecular flexibility index (Phi) is 5.22. The van der Waals surface area contributed by atoms with Crippen LogP contribution in [-0.2, 0) is 6.54 Å². The number of nitrogen functional groups attached to an aromatic ring is 1. The van der Waals surface area contributed by atoms with Crippen LogP contribution in [0.25, 0.3) is 11.1 Å². The minimum atomic E-state index is 0.261. The highest BCUT2D eigenvalue weighted by Crippen LogP contribution is 2.44. The van der Waals surface area contributed by atoms with Crippen LogP contribution in [0.15, 0.2) is 78.9 Å². The molecule has 3 aromatic rings. The molecule has 0 aliphatic carbocycles. The first kappa shape index (κ1) is 19.2. The summed E-state index contributed by atoms with van der Waals surface area (Å²) in [6.07, 6.45) is 4.97. The van der Waals surface area contributed by atoms with Crippen LogP contribution < -0.4 is 10.6 Å². The summed E-state index contributed by atoms with van der Waals surface area (Å²) in [5.41, 5.74) is 12.8. The molecule has 5 rings (SSSR count). The molecular weight excluding hydrogens is 366 g/mol. The summed E-state index contributed by atoms with van der Waals surface area (Å²) in [5.74, 6) is 0. The third kappa shape index (κ3) is 3.70. The molecule has 154 valence electrons. The molecule has 2 heterocycles. The zero-order valence-electron chi connectivity index (χ0n) is 17.6. The highest BCUT2D eigenvalue weighted by Gasteiger charge is 2.43. The smallest absolute Gasteiger partial charge is 0.0610 e. The van der Waals surface area contributed by atoms with Gasteiger partial charge in [-0.2, -0.15) is 0 Å². The topological polar surface area (TPSA) is 32.5 Å². The van der Waals surface area contributed by atoms with Crippen molar-refractivity contribution < 1.29 is 0 Å². The molecule has 0 unspecified atom stereocenters. The van der Waals surface area contributed by atoms with E-state index in [1.54, 1.807) is 0 Å². The van der Waals surface area contributed by atoms with E-state index in [1.807, 2.05) is 0 Å². The maximum atomic E-state index is 6.51. The highest BCUT2D eigenvalue weighted by atomic mass is 15.3. The lowest BCUT2D eigenvalue weighted by Gasteiger charge is -2.46. The lowest BCUT2D eigenvalue weighted by atomic mass is 9.84. The average molecular weight is 398 g/mol. The normalized spacial score (nSPS) is 18.7. The van der Waals surface area contributed by atoms with Crippen LogP contribution in [-0.4, -0.2) is 30.1 Å². The van der Waals surface area contributed by atoms with Crippen LogP contribution in [0.3, 0.4) is 0 Å². The molecule has 0 radical (unpaired) electrons. The fourth-order valence-corrected chi connectivity index (χ4v) is 5.39. The Balaban J connectivity index is 1.36. The molecule has 2 fully saturated rings. The van der Waals surface area contributed by atoms with Gasteiger partial charge in [0.15, 0.2) is 0 Å². The SMILES string of the molecule is Nc1ccc(-c2ccccc2)cc1N1CCCC12CCN(Cc1ccccc1)CC2. The van der Waals surface area contributed by atoms with Crippen molar-refractivity contribution in [2.45, 2.75) is 37.8 Å². The van der Waals surface area contributed by atoms with Crippen molar-refractivity contribution in [3.05, 3.63) is 84.4 Å². The molecule has 2 aliphatic rings. The van der Waals surface area contributed by atoms with E-state index in [-0.39, 0.29) is 5.54 Å². The predicted molar refractivity (Wildman–Crippen MR) is 127 cm³/mol. The minimum absolute atomic E-state index is 0.261. The van der Waals surface area contributed by atoms with Crippen LogP contribution in [0.4, 0.5) is 11.4 Å². The van der Waals surface area contributed by atoms with Gasteiger partial charge in [0.2, 0.25) is 0 Å². The van der Waals surface area contributed by atoms with Crippen LogP contribution in [0.2, 0.25) is 0 Å². The maximum absolute atomic E-state index is 6.51. The zero-order chi connectivity index (χ0) is 20.4. The highest BCUT2D eigenvalue weighted by molar-refractivity contribution is 5.78. The van der Waals surface area contributed by atoms with Crippen molar-refractivity contribution in [3.63, 3.8) is 0 Å². The second-order valence-corrected chi connectivity index (χ2v) is 8.88. The van der Waals surface area contributed by atoms with Gasteiger partial charge in [-0.3, -0.25) is 4.90 Å². The molecule has 2 saturated heterocycles. The number of likely N-dealkylation sites (tertiary alicyclic amines) is 1. The predicted octanol–water partition coefficient (Wildman–Crippen LogP) is 5.57. The Hall–Kier alpha value is -2.78. The van der Waals surface area contributed by atoms with E-state index in [0.29, 0.717) is 0 Å². The number of anilines is 2. The zero-order valence-corrected chi connectivity index (χ0v) is 17.6. The first-order valence-corrected chi connectivity index (χ1v) is 11.2. The number of hydrogen-bond acceptors (Lipinski definition) is 3. The molecule has 1 spiro atoms. The fraction of sp³-hybridized carbons (Fsp3) is 0.333. The second-order valence-electron chi connectivity index (χ2n) is 8.88. The second kappa shape index (κ2) is 8.16. The molecule has 2 aliphatic heterocycles. The summed E-state index contributed by atoms with van der Waals surface area (Å²) in [6.45, 7) is 4.48. The first-order chi connectivity index (χ1) is 14.7. The lowest BCUT2D eigenvalue weighted by molar-refractivity contribution is 0.156. The molecule has 0 atom stereocenters. The molecular formula is C27H31N3. The van der Waals surface area contributed by atoms with Gasteiger partial charge in [0.1, 0.15) is 0 Å². The molecule has 3 heteroatoms. The Bertz CT molecular complexity index is 976. The van der Waals surface area contributed by atoms with Gasteiger partial charge in [0, 0.05) is 31.7 Å². The third-order valence-corrected chi connectivity index (χ3v) is 7.06. The molecule has 0 amide bonds. The number of nitrogens with two attached hydrogens (primary N) is 1. The van der Waals surface area contributed by atoms with E-state index in [2.05, 4.69) is 88.7 Å². The molecule has 2 N–H and O–H groups in total. The molecule has 3 nitrogen and oxygen atoms in total. The summed E-state index contributed by atoms with van der Waals surface area (Å²) in [7, 11) is 0. The van der Waals surface area contributed by atoms with Crippen LogP contribution in [0, 0.1) is 0 Å². The summed E-state index contributed by atoms with van der Waals surface area (Å²) in [5, 5.41) is 0. The molecule has 3 aromatic carbocycles. The van der Waals surface area contributed by atoms with Crippen molar-refractivity contribution in [2.75, 3.05) is 30.3 Å². The van der Waals surface area contributed by atoms with Crippen LogP contribution in [0.1, 0.15) is 31.2 Å².